The molecule has 2 rings (SSSR count). The average Bonchev–Trinajstić information content (AvgIpc) is 2.18. The quantitative estimate of drug-likeness (QED) is 0.892. The zero-order valence-corrected chi connectivity index (χ0v) is 9.37. The van der Waals surface area contributed by atoms with E-state index in [2.05, 4.69) is 31.2 Å². The van der Waals surface area contributed by atoms with Crippen molar-refractivity contribution in [2.75, 3.05) is 11.9 Å². The van der Waals surface area contributed by atoms with Crippen LogP contribution in [0.3, 0.4) is 0 Å². The first kappa shape index (κ1) is 9.40. The van der Waals surface area contributed by atoms with Crippen molar-refractivity contribution in [3.05, 3.63) is 28.9 Å². The molecular weight excluding hydrogens is 242 g/mol. The number of hydrogen-bond donors (Lipinski definition) is 1. The number of benzene rings is 1. The minimum absolute atomic E-state index is 0.679. The van der Waals surface area contributed by atoms with Gasteiger partial charge in [-0.25, -0.2) is 9.97 Å². The maximum absolute atomic E-state index is 4.37. The fraction of sp³-hybridized carbons (Fsp3) is 0.200. The molecule has 0 radical (unpaired) electrons. The van der Waals surface area contributed by atoms with E-state index in [4.69, 9.17) is 0 Å². The lowest BCUT2D eigenvalue weighted by Crippen LogP contribution is -2.01. The third-order valence-electron chi connectivity index (χ3n) is 1.91. The first-order chi connectivity index (χ1) is 6.81. The topological polar surface area (TPSA) is 37.8 Å². The number of nitrogens with zero attached hydrogens (tertiary/aromatic N) is 2. The average molecular weight is 252 g/mol. The predicted molar refractivity (Wildman–Crippen MR) is 61.4 cm³/mol. The summed E-state index contributed by atoms with van der Waals surface area (Å²) in [6, 6.07) is 5.93. The van der Waals surface area contributed by atoms with Crippen LogP contribution in [-0.4, -0.2) is 16.5 Å². The summed E-state index contributed by atoms with van der Waals surface area (Å²) in [7, 11) is 0. The number of rotatable bonds is 2. The number of fused-ring (bicyclic) bond motifs is 1. The second kappa shape index (κ2) is 3.92. The maximum Gasteiger partial charge on any atom is 0.223 e. The Morgan fingerprint density at radius 1 is 1.43 bits per heavy atom. The van der Waals surface area contributed by atoms with E-state index in [1.807, 2.05) is 31.3 Å². The molecule has 0 saturated heterocycles. The van der Waals surface area contributed by atoms with Crippen molar-refractivity contribution in [1.82, 2.24) is 9.97 Å². The van der Waals surface area contributed by atoms with E-state index in [-0.39, 0.29) is 0 Å². The Morgan fingerprint density at radius 2 is 2.29 bits per heavy atom. The van der Waals surface area contributed by atoms with Crippen LogP contribution in [-0.2, 0) is 0 Å². The SMILES string of the molecule is CCNc1ncc2c(Br)cccc2n1. The molecule has 0 aliphatic carbocycles. The molecule has 0 atom stereocenters. The fourth-order valence-electron chi connectivity index (χ4n) is 1.26. The highest BCUT2D eigenvalue weighted by molar-refractivity contribution is 9.10. The molecule has 4 heteroatoms. The number of aromatic nitrogens is 2. The van der Waals surface area contributed by atoms with Crippen LogP contribution in [0.25, 0.3) is 10.9 Å². The van der Waals surface area contributed by atoms with Crippen LogP contribution in [0.1, 0.15) is 6.92 Å². The highest BCUT2D eigenvalue weighted by Gasteiger charge is 2.00. The van der Waals surface area contributed by atoms with Crippen molar-refractivity contribution in [3.8, 4) is 0 Å². The molecule has 0 spiro atoms. The molecule has 0 bridgehead atoms. The van der Waals surface area contributed by atoms with Gasteiger partial charge in [0.1, 0.15) is 0 Å². The van der Waals surface area contributed by atoms with Crippen molar-refractivity contribution >= 4 is 32.8 Å². The minimum Gasteiger partial charge on any atom is -0.354 e. The van der Waals surface area contributed by atoms with Gasteiger partial charge >= 0.3 is 0 Å². The molecule has 0 fully saturated rings. The van der Waals surface area contributed by atoms with E-state index < -0.39 is 0 Å². The second-order valence-corrected chi connectivity index (χ2v) is 3.75. The summed E-state index contributed by atoms with van der Waals surface area (Å²) < 4.78 is 1.03. The first-order valence-electron chi connectivity index (χ1n) is 4.46. The Hall–Kier alpha value is -1.16. The molecule has 0 saturated carbocycles. The number of nitrogens with one attached hydrogen (secondary N) is 1. The van der Waals surface area contributed by atoms with Crippen LogP contribution >= 0.6 is 15.9 Å². The van der Waals surface area contributed by atoms with Crippen LogP contribution in [0.4, 0.5) is 5.95 Å². The summed E-state index contributed by atoms with van der Waals surface area (Å²) in [4.78, 5) is 8.58. The Labute approximate surface area is 90.7 Å². The summed E-state index contributed by atoms with van der Waals surface area (Å²) in [5.41, 5.74) is 0.949. The Kier molecular flexibility index (Phi) is 2.63. The van der Waals surface area contributed by atoms with Crippen molar-refractivity contribution in [3.63, 3.8) is 0 Å². The largest absolute Gasteiger partial charge is 0.354 e. The van der Waals surface area contributed by atoms with Gasteiger partial charge in [0.05, 0.1) is 5.52 Å². The molecule has 1 aromatic carbocycles. The molecule has 0 aliphatic rings. The third-order valence-corrected chi connectivity index (χ3v) is 2.60. The van der Waals surface area contributed by atoms with Crippen molar-refractivity contribution in [1.29, 1.82) is 0 Å². The van der Waals surface area contributed by atoms with E-state index in [1.54, 1.807) is 0 Å². The summed E-state index contributed by atoms with van der Waals surface area (Å²) >= 11 is 3.46. The number of halogens is 1. The summed E-state index contributed by atoms with van der Waals surface area (Å²) in [5, 5.41) is 4.12. The van der Waals surface area contributed by atoms with Gasteiger partial charge in [-0.3, -0.25) is 0 Å². The van der Waals surface area contributed by atoms with Crippen LogP contribution in [0, 0.1) is 0 Å². The molecule has 1 N–H and O–H groups in total. The molecule has 2 aromatic rings. The van der Waals surface area contributed by atoms with Crippen molar-refractivity contribution < 1.29 is 0 Å². The highest BCUT2D eigenvalue weighted by Crippen LogP contribution is 2.21. The zero-order valence-electron chi connectivity index (χ0n) is 7.79. The Morgan fingerprint density at radius 3 is 3.07 bits per heavy atom. The lowest BCUT2D eigenvalue weighted by Gasteiger charge is -2.03. The van der Waals surface area contributed by atoms with Gasteiger partial charge in [0.25, 0.3) is 0 Å². The normalized spacial score (nSPS) is 10.4. The summed E-state index contributed by atoms with van der Waals surface area (Å²) in [6.07, 6.45) is 1.82. The molecule has 72 valence electrons. The van der Waals surface area contributed by atoms with E-state index in [0.717, 1.165) is 21.9 Å². The first-order valence-corrected chi connectivity index (χ1v) is 5.25. The number of hydrogen-bond acceptors (Lipinski definition) is 3. The van der Waals surface area contributed by atoms with E-state index in [0.29, 0.717) is 5.95 Å². The smallest absolute Gasteiger partial charge is 0.223 e. The Bertz CT molecular complexity index is 456. The zero-order chi connectivity index (χ0) is 9.97. The molecule has 1 heterocycles. The molecule has 1 aromatic heterocycles. The van der Waals surface area contributed by atoms with Gasteiger partial charge in [-0.1, -0.05) is 22.0 Å². The predicted octanol–water partition coefficient (Wildman–Crippen LogP) is 2.82. The minimum atomic E-state index is 0.679. The van der Waals surface area contributed by atoms with Crippen LogP contribution in [0.15, 0.2) is 28.9 Å². The van der Waals surface area contributed by atoms with Gasteiger partial charge in [0, 0.05) is 22.6 Å². The Balaban J connectivity index is 2.56. The molecule has 14 heavy (non-hydrogen) atoms. The van der Waals surface area contributed by atoms with Gasteiger partial charge < -0.3 is 5.32 Å². The van der Waals surface area contributed by atoms with Gasteiger partial charge in [0.2, 0.25) is 5.95 Å². The maximum atomic E-state index is 4.37. The molecule has 0 aliphatic heterocycles. The van der Waals surface area contributed by atoms with Gasteiger partial charge in [-0.15, -0.1) is 0 Å². The van der Waals surface area contributed by atoms with Gasteiger partial charge in [-0.2, -0.15) is 0 Å². The molecule has 0 amide bonds. The summed E-state index contributed by atoms with van der Waals surface area (Å²) in [6.45, 7) is 2.86. The van der Waals surface area contributed by atoms with E-state index in [9.17, 15) is 0 Å². The van der Waals surface area contributed by atoms with Crippen molar-refractivity contribution in [2.24, 2.45) is 0 Å². The standard InChI is InChI=1S/C10H10BrN3/c1-2-12-10-13-6-7-8(11)4-3-5-9(7)14-10/h3-6H,2H2,1H3,(H,12,13,14). The monoisotopic (exact) mass is 251 g/mol. The number of anilines is 1. The second-order valence-electron chi connectivity index (χ2n) is 2.90. The lowest BCUT2D eigenvalue weighted by atomic mass is 10.2. The van der Waals surface area contributed by atoms with Crippen molar-refractivity contribution in [2.45, 2.75) is 6.92 Å². The van der Waals surface area contributed by atoms with E-state index in [1.165, 1.54) is 0 Å². The lowest BCUT2D eigenvalue weighted by molar-refractivity contribution is 1.11. The molecular formula is C10H10BrN3. The van der Waals surface area contributed by atoms with Crippen LogP contribution in [0.2, 0.25) is 0 Å². The third kappa shape index (κ3) is 1.70. The van der Waals surface area contributed by atoms with Gasteiger partial charge in [0.15, 0.2) is 0 Å². The van der Waals surface area contributed by atoms with Crippen LogP contribution < -0.4 is 5.32 Å². The molecule has 0 unspecified atom stereocenters. The summed E-state index contributed by atoms with van der Waals surface area (Å²) in [5.74, 6) is 0.679. The van der Waals surface area contributed by atoms with Crippen LogP contribution in [0.5, 0.6) is 0 Å². The fourth-order valence-corrected chi connectivity index (χ4v) is 1.72. The van der Waals surface area contributed by atoms with Gasteiger partial charge in [-0.05, 0) is 19.1 Å². The highest BCUT2D eigenvalue weighted by atomic mass is 79.9. The molecule has 3 nitrogen and oxygen atoms in total. The van der Waals surface area contributed by atoms with E-state index >= 15 is 0 Å².